The van der Waals surface area contributed by atoms with Gasteiger partial charge in [-0.3, -0.25) is 0 Å². The van der Waals surface area contributed by atoms with Crippen molar-refractivity contribution in [3.05, 3.63) is 77.7 Å². The predicted octanol–water partition coefficient (Wildman–Crippen LogP) is -3.56. The van der Waals surface area contributed by atoms with Crippen molar-refractivity contribution in [2.45, 2.75) is 4.90 Å². The first-order valence-electron chi connectivity index (χ1n) is 6.49. The van der Waals surface area contributed by atoms with Crippen molar-refractivity contribution in [2.75, 3.05) is 0 Å². The summed E-state index contributed by atoms with van der Waals surface area (Å²) in [6.07, 6.45) is 2.84. The average Bonchev–Trinajstić information content (AvgIpc) is 2.53. The molecule has 2 aromatic carbocycles. The van der Waals surface area contributed by atoms with Crippen LogP contribution in [0.5, 0.6) is 0 Å². The van der Waals surface area contributed by atoms with E-state index >= 15 is 0 Å². The molecule has 0 saturated heterocycles. The maximum Gasteiger partial charge on any atom is 1.00 e. The molecule has 0 fully saturated rings. The van der Waals surface area contributed by atoms with Crippen LogP contribution in [0.1, 0.15) is 11.1 Å². The fourth-order valence-electron chi connectivity index (χ4n) is 1.50. The zero-order valence-corrected chi connectivity index (χ0v) is 20.0. The summed E-state index contributed by atoms with van der Waals surface area (Å²) in [6, 6.07) is 14.3. The Morgan fingerprint density at radius 3 is 1.65 bits per heavy atom. The zero-order valence-electron chi connectivity index (χ0n) is 14.4. The van der Waals surface area contributed by atoms with Crippen LogP contribution in [0.25, 0.3) is 12.2 Å². The second-order valence-electron chi connectivity index (χ2n) is 4.43. The molecule has 2 rings (SSSR count). The topological polar surface area (TPSA) is 114 Å². The summed E-state index contributed by atoms with van der Waals surface area (Å²) in [5.41, 5.74) is 1.47. The second-order valence-corrected chi connectivity index (χ2v) is 7.07. The molecule has 0 atom stereocenters. The molecule has 10 heteroatoms. The van der Waals surface area contributed by atoms with Crippen LogP contribution in [0, 0.1) is 0 Å². The molecule has 0 N–H and O–H groups in total. The quantitative estimate of drug-likeness (QED) is 0.379. The molecule has 0 amide bonds. The Bertz CT molecular complexity index is 907. The van der Waals surface area contributed by atoms with E-state index in [0.717, 1.165) is 5.56 Å². The Morgan fingerprint density at radius 2 is 1.27 bits per heavy atom. The molecule has 26 heavy (non-hydrogen) atoms. The van der Waals surface area contributed by atoms with Crippen molar-refractivity contribution in [1.29, 1.82) is 0 Å². The molecule has 128 valence electrons. The van der Waals surface area contributed by atoms with Gasteiger partial charge in [0.1, 0.15) is 20.2 Å². The summed E-state index contributed by atoms with van der Waals surface area (Å²) in [4.78, 5) is -0.215. The van der Waals surface area contributed by atoms with Crippen molar-refractivity contribution in [2.24, 2.45) is 0 Å². The predicted molar refractivity (Wildman–Crippen MR) is 89.7 cm³/mol. The molecular weight excluding hydrogens is 398 g/mol. The molecule has 0 bridgehead atoms. The standard InChI is InChI=1S/2C8H8O3S.2Na/c1-2-7-3-5-8(6-4-7)12(9,10)11;9-12(10,11)7-6-8-4-2-1-3-5-8;;/h2-6H,1H2,(H,9,10,11);1-7H,(H,9,10,11);;/q;;2*+1/p-2. The molecule has 2 aromatic rings. The molecule has 0 aliphatic heterocycles. The summed E-state index contributed by atoms with van der Waals surface area (Å²) in [6.45, 7) is 3.50. The van der Waals surface area contributed by atoms with E-state index in [1.807, 2.05) is 6.07 Å². The minimum atomic E-state index is -4.31. The Morgan fingerprint density at radius 1 is 0.769 bits per heavy atom. The smallest absolute Gasteiger partial charge is 0.744 e. The van der Waals surface area contributed by atoms with E-state index < -0.39 is 20.2 Å². The van der Waals surface area contributed by atoms with E-state index in [1.165, 1.54) is 30.3 Å². The van der Waals surface area contributed by atoms with Gasteiger partial charge in [0.2, 0.25) is 0 Å². The largest absolute Gasteiger partial charge is 1.00 e. The first-order chi connectivity index (χ1) is 11.1. The van der Waals surface area contributed by atoms with Gasteiger partial charge in [-0.1, -0.05) is 55.1 Å². The molecule has 0 aliphatic carbocycles. The number of hydrogen-bond donors (Lipinski definition) is 0. The van der Waals surface area contributed by atoms with Crippen molar-refractivity contribution in [1.82, 2.24) is 0 Å². The molecule has 0 radical (unpaired) electrons. The summed E-state index contributed by atoms with van der Waals surface area (Å²) in [5, 5.41) is 0.641. The number of benzene rings is 2. The van der Waals surface area contributed by atoms with E-state index in [2.05, 4.69) is 6.58 Å². The zero-order chi connectivity index (χ0) is 18.2. The van der Waals surface area contributed by atoms with E-state index in [-0.39, 0.29) is 64.0 Å². The van der Waals surface area contributed by atoms with Gasteiger partial charge >= 0.3 is 59.1 Å². The van der Waals surface area contributed by atoms with Crippen LogP contribution in [-0.2, 0) is 20.2 Å². The molecule has 0 heterocycles. The van der Waals surface area contributed by atoms with Crippen LogP contribution in [-0.4, -0.2) is 25.9 Å². The van der Waals surface area contributed by atoms with Crippen molar-refractivity contribution >= 4 is 32.4 Å². The minimum absolute atomic E-state index is 0. The third-order valence-corrected chi connectivity index (χ3v) is 3.95. The van der Waals surface area contributed by atoms with Gasteiger partial charge in [0.05, 0.1) is 4.90 Å². The second kappa shape index (κ2) is 13.0. The third-order valence-electron chi connectivity index (χ3n) is 2.63. The summed E-state index contributed by atoms with van der Waals surface area (Å²) < 4.78 is 61.8. The van der Waals surface area contributed by atoms with Gasteiger partial charge in [-0.25, -0.2) is 16.8 Å². The van der Waals surface area contributed by atoms with Crippen LogP contribution in [0.2, 0.25) is 0 Å². The molecule has 0 unspecified atom stereocenters. The van der Waals surface area contributed by atoms with Gasteiger partial charge in [0.25, 0.3) is 0 Å². The fourth-order valence-corrected chi connectivity index (χ4v) is 2.29. The van der Waals surface area contributed by atoms with Gasteiger partial charge in [-0.2, -0.15) is 0 Å². The van der Waals surface area contributed by atoms with Crippen LogP contribution in [0.3, 0.4) is 0 Å². The van der Waals surface area contributed by atoms with Gasteiger partial charge in [-0.05, 0) is 29.3 Å². The molecular formula is C16H14Na2O6S2. The Labute approximate surface area is 198 Å². The summed E-state index contributed by atoms with van der Waals surface area (Å²) in [5.74, 6) is 0. The first kappa shape index (κ1) is 28.0. The maximum atomic E-state index is 10.5. The Hall–Kier alpha value is -0.260. The SMILES string of the molecule is C=Cc1ccc(S(=O)(=O)[O-])cc1.O=S(=O)([O-])C=Cc1ccccc1.[Na+].[Na+]. The summed E-state index contributed by atoms with van der Waals surface area (Å²) in [7, 11) is -8.56. The van der Waals surface area contributed by atoms with E-state index in [4.69, 9.17) is 0 Å². The maximum absolute atomic E-state index is 10.5. The number of hydrogen-bond acceptors (Lipinski definition) is 6. The molecule has 6 nitrogen and oxygen atoms in total. The molecule has 0 saturated carbocycles. The van der Waals surface area contributed by atoms with Crippen LogP contribution in [0.15, 0.2) is 71.5 Å². The van der Waals surface area contributed by atoms with Crippen LogP contribution < -0.4 is 59.1 Å². The monoisotopic (exact) mass is 412 g/mol. The Kier molecular flexibility index (Phi) is 14.0. The normalized spacial score (nSPS) is 10.7. The van der Waals surface area contributed by atoms with E-state index in [9.17, 15) is 25.9 Å². The van der Waals surface area contributed by atoms with Crippen LogP contribution >= 0.6 is 0 Å². The van der Waals surface area contributed by atoms with Gasteiger partial charge in [0.15, 0.2) is 0 Å². The minimum Gasteiger partial charge on any atom is -0.744 e. The Balaban J connectivity index is 0. The van der Waals surface area contributed by atoms with Gasteiger partial charge in [-0.15, -0.1) is 0 Å². The third kappa shape index (κ3) is 12.2. The average molecular weight is 412 g/mol. The van der Waals surface area contributed by atoms with Crippen molar-refractivity contribution < 1.29 is 85.1 Å². The van der Waals surface area contributed by atoms with E-state index in [0.29, 0.717) is 11.0 Å². The summed E-state index contributed by atoms with van der Waals surface area (Å²) >= 11 is 0. The first-order valence-corrected chi connectivity index (χ1v) is 9.37. The van der Waals surface area contributed by atoms with Gasteiger partial charge in [0, 0.05) is 5.41 Å². The fraction of sp³-hybridized carbons (Fsp3) is 0. The van der Waals surface area contributed by atoms with Crippen LogP contribution in [0.4, 0.5) is 0 Å². The molecule has 0 aromatic heterocycles. The molecule has 0 spiro atoms. The van der Waals surface area contributed by atoms with Crippen molar-refractivity contribution in [3.63, 3.8) is 0 Å². The van der Waals surface area contributed by atoms with Crippen molar-refractivity contribution in [3.8, 4) is 0 Å². The number of rotatable bonds is 4. The van der Waals surface area contributed by atoms with Gasteiger partial charge < -0.3 is 9.11 Å². The molecule has 0 aliphatic rings. The van der Waals surface area contributed by atoms with E-state index in [1.54, 1.807) is 30.3 Å².